The minimum atomic E-state index is -0.0192. The lowest BCUT2D eigenvalue weighted by Gasteiger charge is -2.22. The Morgan fingerprint density at radius 1 is 0.375 bits per heavy atom. The van der Waals surface area contributed by atoms with Crippen LogP contribution in [0.3, 0.4) is 0 Å². The number of hydrogen-bond acceptors (Lipinski definition) is 4. The van der Waals surface area contributed by atoms with E-state index in [9.17, 15) is 0 Å². The van der Waals surface area contributed by atoms with E-state index in [1.807, 2.05) is 48.8 Å². The minimum absolute atomic E-state index is 0.00916. The van der Waals surface area contributed by atoms with Gasteiger partial charge in [0.05, 0.1) is 33.4 Å². The Morgan fingerprint density at radius 3 is 1.38 bits per heavy atom. The third kappa shape index (κ3) is 6.56. The average molecular weight is 829 g/mol. The molecule has 0 bridgehead atoms. The van der Waals surface area contributed by atoms with Crippen LogP contribution in [0.4, 0.5) is 0 Å². The Morgan fingerprint density at radius 2 is 0.844 bits per heavy atom. The van der Waals surface area contributed by atoms with Gasteiger partial charge in [0.15, 0.2) is 17.5 Å². The fourth-order valence-corrected chi connectivity index (χ4v) is 9.30. The Labute approximate surface area is 373 Å². The molecule has 0 fully saturated rings. The van der Waals surface area contributed by atoms with Gasteiger partial charge in [0, 0.05) is 61.8 Å². The molecule has 11 aromatic rings. The molecule has 0 aliphatic carbocycles. The van der Waals surface area contributed by atoms with E-state index in [0.717, 1.165) is 61.3 Å². The molecule has 6 nitrogen and oxygen atoms in total. The highest BCUT2D eigenvalue weighted by Crippen LogP contribution is 2.45. The van der Waals surface area contributed by atoms with Gasteiger partial charge in [0.1, 0.15) is 0 Å². The second-order valence-electron chi connectivity index (χ2n) is 18.8. The molecular formula is C58H48N6. The number of nitrogens with zero attached hydrogens (tertiary/aromatic N) is 6. The second-order valence-corrected chi connectivity index (χ2v) is 18.8. The van der Waals surface area contributed by atoms with Gasteiger partial charge in [-0.15, -0.1) is 0 Å². The van der Waals surface area contributed by atoms with Gasteiger partial charge >= 0.3 is 0 Å². The van der Waals surface area contributed by atoms with Crippen LogP contribution in [0.2, 0.25) is 0 Å². The summed E-state index contributed by atoms with van der Waals surface area (Å²) >= 11 is 0. The van der Waals surface area contributed by atoms with Gasteiger partial charge < -0.3 is 9.13 Å². The van der Waals surface area contributed by atoms with E-state index in [2.05, 4.69) is 184 Å². The lowest BCUT2D eigenvalue weighted by molar-refractivity contribution is 0.591. The van der Waals surface area contributed by atoms with E-state index in [1.54, 1.807) is 0 Å². The van der Waals surface area contributed by atoms with Crippen LogP contribution in [0.15, 0.2) is 182 Å². The zero-order valence-corrected chi connectivity index (χ0v) is 37.0. The highest BCUT2D eigenvalue weighted by atomic mass is 15.0. The van der Waals surface area contributed by atoms with Gasteiger partial charge in [0.2, 0.25) is 0 Å². The number of rotatable bonds is 6. The van der Waals surface area contributed by atoms with E-state index >= 15 is 0 Å². The van der Waals surface area contributed by atoms with Crippen molar-refractivity contribution in [1.82, 2.24) is 29.1 Å². The number of hydrogen-bond donors (Lipinski definition) is 0. The average Bonchev–Trinajstić information content (AvgIpc) is 3.83. The highest BCUT2D eigenvalue weighted by molar-refractivity contribution is 6.12. The molecule has 310 valence electrons. The molecule has 4 aromatic heterocycles. The van der Waals surface area contributed by atoms with Crippen molar-refractivity contribution in [2.45, 2.75) is 52.4 Å². The van der Waals surface area contributed by atoms with Crippen LogP contribution >= 0.6 is 0 Å². The lowest BCUT2D eigenvalue weighted by atomic mass is 9.86. The van der Waals surface area contributed by atoms with Crippen LogP contribution in [0, 0.1) is 0 Å². The van der Waals surface area contributed by atoms with Gasteiger partial charge in [0.25, 0.3) is 0 Å². The van der Waals surface area contributed by atoms with Gasteiger partial charge in [-0.25, -0.2) is 15.0 Å². The largest absolute Gasteiger partial charge is 0.309 e. The smallest absolute Gasteiger partial charge is 0.164 e. The molecule has 0 unspecified atom stereocenters. The first-order valence-electron chi connectivity index (χ1n) is 22.1. The summed E-state index contributed by atoms with van der Waals surface area (Å²) in [5, 5.41) is 4.82. The summed E-state index contributed by atoms with van der Waals surface area (Å²) in [5.41, 5.74) is 13.7. The Hall–Kier alpha value is -7.70. The van der Waals surface area contributed by atoms with Crippen molar-refractivity contribution in [1.29, 1.82) is 0 Å². The molecule has 0 saturated heterocycles. The summed E-state index contributed by atoms with van der Waals surface area (Å²) in [6.07, 6.45) is 3.93. The van der Waals surface area contributed by atoms with Crippen LogP contribution in [-0.2, 0) is 10.8 Å². The third-order valence-electron chi connectivity index (χ3n) is 12.6. The minimum Gasteiger partial charge on any atom is -0.309 e. The summed E-state index contributed by atoms with van der Waals surface area (Å²) in [4.78, 5) is 20.7. The van der Waals surface area contributed by atoms with Gasteiger partial charge in [-0.1, -0.05) is 163 Å². The molecular weight excluding hydrogens is 781 g/mol. The van der Waals surface area contributed by atoms with Crippen LogP contribution in [-0.4, -0.2) is 29.1 Å². The number of para-hydroxylation sites is 2. The predicted octanol–water partition coefficient (Wildman–Crippen LogP) is 14.7. The van der Waals surface area contributed by atoms with Gasteiger partial charge in [-0.2, -0.15) is 0 Å². The molecule has 0 atom stereocenters. The van der Waals surface area contributed by atoms with Crippen molar-refractivity contribution in [2.75, 3.05) is 0 Å². The maximum absolute atomic E-state index is 5.34. The number of benzene rings is 7. The molecule has 0 amide bonds. The zero-order chi connectivity index (χ0) is 43.7. The standard InChI is InChI=1S/C58H48N6/c1-57(2,3)39-28-30-49-44(34-39)41-22-13-15-25-47(41)63(49)51-32-33-59-36-46(51)53-43(56-61-54(37-18-9-7-10-19-37)60-55(62-56)38-20-11-8-12-21-38)24-17-27-52(53)64-48-26-16-14-23-42(48)45-35-40(58(4,5)6)29-31-50(45)64/h7-36H,1-6H3. The quantitative estimate of drug-likeness (QED) is 0.167. The Kier molecular flexibility index (Phi) is 9.17. The van der Waals surface area contributed by atoms with Gasteiger partial charge in [-0.3, -0.25) is 4.98 Å². The van der Waals surface area contributed by atoms with Crippen molar-refractivity contribution < 1.29 is 0 Å². The van der Waals surface area contributed by atoms with E-state index in [1.165, 1.54) is 32.7 Å². The molecule has 0 saturated carbocycles. The summed E-state index contributed by atoms with van der Waals surface area (Å²) in [7, 11) is 0. The molecule has 6 heteroatoms. The molecule has 0 spiro atoms. The molecule has 0 aliphatic rings. The van der Waals surface area contributed by atoms with E-state index < -0.39 is 0 Å². The van der Waals surface area contributed by atoms with Crippen molar-refractivity contribution in [3.05, 3.63) is 193 Å². The highest BCUT2D eigenvalue weighted by Gasteiger charge is 2.26. The first kappa shape index (κ1) is 39.2. The summed E-state index contributed by atoms with van der Waals surface area (Å²) < 4.78 is 4.83. The molecule has 0 N–H and O–H groups in total. The number of fused-ring (bicyclic) bond motifs is 6. The SMILES string of the molecule is CC(C)(C)c1ccc2c(c1)c1ccccc1n2-c1ccncc1-c1c(-c2nc(-c3ccccc3)nc(-c3ccccc3)n2)cccc1-n1c2ccccc2c2cc(C(C)(C)C)ccc21. The summed E-state index contributed by atoms with van der Waals surface area (Å²) in [5.74, 6) is 1.79. The molecule has 0 radical (unpaired) electrons. The predicted molar refractivity (Wildman–Crippen MR) is 265 cm³/mol. The first-order valence-corrected chi connectivity index (χ1v) is 22.1. The van der Waals surface area contributed by atoms with Crippen LogP contribution in [0.25, 0.3) is 100 Å². The van der Waals surface area contributed by atoms with Gasteiger partial charge in [-0.05, 0) is 70.5 Å². The fourth-order valence-electron chi connectivity index (χ4n) is 9.30. The van der Waals surface area contributed by atoms with Crippen molar-refractivity contribution in [2.24, 2.45) is 0 Å². The summed E-state index contributed by atoms with van der Waals surface area (Å²) in [6.45, 7) is 13.7. The zero-order valence-electron chi connectivity index (χ0n) is 37.0. The molecule has 7 aromatic carbocycles. The maximum Gasteiger partial charge on any atom is 0.164 e. The van der Waals surface area contributed by atoms with Crippen LogP contribution in [0.1, 0.15) is 52.7 Å². The van der Waals surface area contributed by atoms with Crippen LogP contribution < -0.4 is 0 Å². The Balaban J connectivity index is 1.27. The fraction of sp³-hybridized carbons (Fsp3) is 0.138. The van der Waals surface area contributed by atoms with E-state index in [-0.39, 0.29) is 10.8 Å². The molecule has 4 heterocycles. The monoisotopic (exact) mass is 828 g/mol. The van der Waals surface area contributed by atoms with Crippen molar-refractivity contribution in [3.8, 4) is 56.7 Å². The molecule has 0 aliphatic heterocycles. The molecule has 64 heavy (non-hydrogen) atoms. The van der Waals surface area contributed by atoms with E-state index in [0.29, 0.717) is 17.5 Å². The normalized spacial score (nSPS) is 12.2. The van der Waals surface area contributed by atoms with Crippen molar-refractivity contribution in [3.63, 3.8) is 0 Å². The second kappa shape index (κ2) is 15.0. The lowest BCUT2D eigenvalue weighted by Crippen LogP contribution is -2.10. The maximum atomic E-state index is 5.34. The van der Waals surface area contributed by atoms with Crippen LogP contribution in [0.5, 0.6) is 0 Å². The number of pyridine rings is 1. The summed E-state index contributed by atoms with van der Waals surface area (Å²) in [6, 6.07) is 60.4. The van der Waals surface area contributed by atoms with E-state index in [4.69, 9.17) is 19.9 Å². The third-order valence-corrected chi connectivity index (χ3v) is 12.6. The Bertz CT molecular complexity index is 3510. The first-order chi connectivity index (χ1) is 31.0. The number of aromatic nitrogens is 6. The topological polar surface area (TPSA) is 61.4 Å². The molecule has 11 rings (SSSR count). The van der Waals surface area contributed by atoms with Crippen molar-refractivity contribution >= 4 is 43.6 Å².